The molecule has 5 N–H and O–H groups in total. The number of esters is 1. The quantitative estimate of drug-likeness (QED) is 0.175. The maximum Gasteiger partial charge on any atom is 0.328 e. The number of fused-ring (bicyclic) bond motifs is 1. The molecule has 208 valence electrons. The van der Waals surface area contributed by atoms with Crippen molar-refractivity contribution < 1.29 is 14.3 Å². The molecule has 0 saturated carbocycles. The molecule has 2 unspecified atom stereocenters. The molecule has 1 aromatic carbocycles. The number of aromatic amines is 1. The topological polar surface area (TPSA) is 157 Å². The van der Waals surface area contributed by atoms with E-state index < -0.39 is 5.97 Å². The largest absolute Gasteiger partial charge is 0.457 e. The van der Waals surface area contributed by atoms with Crippen molar-refractivity contribution in [2.24, 2.45) is 5.92 Å². The SMILES string of the molecule is CCCCNc1nc(N)c2[nH]c(=O)n(Cc3ccc(C(=O)NCC(=O)OC4/C=C/CCC(C)CC4)cc3)c2n1. The van der Waals surface area contributed by atoms with E-state index in [2.05, 4.69) is 45.5 Å². The molecule has 2 atom stereocenters. The lowest BCUT2D eigenvalue weighted by atomic mass is 9.95. The van der Waals surface area contributed by atoms with Gasteiger partial charge in [-0.05, 0) is 61.8 Å². The number of unbranched alkanes of at least 4 members (excludes halogenated alkanes) is 1. The predicted octanol–water partition coefficient (Wildman–Crippen LogP) is 3.37. The van der Waals surface area contributed by atoms with E-state index in [1.165, 1.54) is 4.57 Å². The number of nitrogens with zero attached hydrogens (tertiary/aromatic N) is 3. The molecule has 39 heavy (non-hydrogen) atoms. The first-order chi connectivity index (χ1) is 18.8. The average molecular weight is 536 g/mol. The standard InChI is InChI=1S/C28H37N7O4/c1-3-4-15-30-27-33-24(29)23-25(34-27)35(28(38)32-23)17-19-10-12-20(13-11-19)26(37)31-16-22(36)39-21-8-6-5-7-18(2)9-14-21/h6,8,10-13,18,21H,3-5,7,9,14-17H2,1-2H3,(H,31,37)(H,32,38)(H3,29,30,33,34)/b8-6+. The highest BCUT2D eigenvalue weighted by Gasteiger charge is 2.17. The van der Waals surface area contributed by atoms with Crippen LogP contribution in [0.15, 0.2) is 41.2 Å². The number of carbonyl (C=O) groups is 2. The van der Waals surface area contributed by atoms with E-state index in [9.17, 15) is 14.4 Å². The van der Waals surface area contributed by atoms with Crippen LogP contribution in [-0.4, -0.2) is 50.6 Å². The van der Waals surface area contributed by atoms with E-state index in [1.807, 2.05) is 6.08 Å². The first-order valence-corrected chi connectivity index (χ1v) is 13.6. The van der Waals surface area contributed by atoms with Crippen molar-refractivity contribution >= 4 is 34.8 Å². The van der Waals surface area contributed by atoms with Crippen LogP contribution in [0.5, 0.6) is 0 Å². The van der Waals surface area contributed by atoms with E-state index >= 15 is 0 Å². The van der Waals surface area contributed by atoms with Gasteiger partial charge in [-0.2, -0.15) is 9.97 Å². The Morgan fingerprint density at radius 1 is 1.18 bits per heavy atom. The lowest BCUT2D eigenvalue weighted by molar-refractivity contribution is -0.146. The number of nitrogens with two attached hydrogens (primary N) is 1. The molecule has 2 aromatic heterocycles. The second kappa shape index (κ2) is 13.1. The zero-order valence-electron chi connectivity index (χ0n) is 22.5. The molecule has 0 fully saturated rings. The number of hydrogen-bond acceptors (Lipinski definition) is 8. The molecule has 11 heteroatoms. The number of nitrogens with one attached hydrogen (secondary N) is 3. The van der Waals surface area contributed by atoms with Crippen molar-refractivity contribution in [3.63, 3.8) is 0 Å². The summed E-state index contributed by atoms with van der Waals surface area (Å²) in [6.07, 6.45) is 9.64. The summed E-state index contributed by atoms with van der Waals surface area (Å²) >= 11 is 0. The number of rotatable bonds is 10. The third kappa shape index (κ3) is 7.46. The minimum Gasteiger partial charge on any atom is -0.457 e. The summed E-state index contributed by atoms with van der Waals surface area (Å²) in [6, 6.07) is 6.81. The van der Waals surface area contributed by atoms with Gasteiger partial charge in [0.25, 0.3) is 5.91 Å². The number of amides is 1. The van der Waals surface area contributed by atoms with E-state index in [0.717, 1.165) is 44.1 Å². The van der Waals surface area contributed by atoms with Crippen LogP contribution in [0.4, 0.5) is 11.8 Å². The highest BCUT2D eigenvalue weighted by Crippen LogP contribution is 2.20. The van der Waals surface area contributed by atoms with Crippen LogP contribution in [0, 0.1) is 5.92 Å². The number of hydrogen-bond donors (Lipinski definition) is 4. The predicted molar refractivity (Wildman–Crippen MR) is 150 cm³/mol. The number of nitrogen functional groups attached to an aromatic ring is 1. The molecule has 11 nitrogen and oxygen atoms in total. The lowest BCUT2D eigenvalue weighted by Gasteiger charge is -2.19. The molecule has 0 saturated heterocycles. The van der Waals surface area contributed by atoms with Crippen molar-refractivity contribution in [1.82, 2.24) is 24.8 Å². The third-order valence-electron chi connectivity index (χ3n) is 6.82. The number of imidazole rings is 1. The highest BCUT2D eigenvalue weighted by molar-refractivity contribution is 5.96. The van der Waals surface area contributed by atoms with E-state index in [1.54, 1.807) is 24.3 Å². The summed E-state index contributed by atoms with van der Waals surface area (Å²) < 4.78 is 7.01. The van der Waals surface area contributed by atoms with Gasteiger partial charge in [0.05, 0.1) is 6.54 Å². The summed E-state index contributed by atoms with van der Waals surface area (Å²) in [6.45, 7) is 5.01. The molecule has 1 amide bonds. The van der Waals surface area contributed by atoms with E-state index in [4.69, 9.17) is 10.5 Å². The molecule has 1 aliphatic carbocycles. The van der Waals surface area contributed by atoms with Crippen LogP contribution in [0.2, 0.25) is 0 Å². The average Bonchev–Trinajstić information content (AvgIpc) is 3.23. The number of ether oxygens (including phenoxy) is 1. The van der Waals surface area contributed by atoms with Crippen LogP contribution in [0.25, 0.3) is 11.2 Å². The summed E-state index contributed by atoms with van der Waals surface area (Å²) in [5.41, 5.74) is 7.67. The number of anilines is 2. The van der Waals surface area contributed by atoms with Crippen LogP contribution in [0.1, 0.15) is 68.3 Å². The molecule has 2 heterocycles. The van der Waals surface area contributed by atoms with Gasteiger partial charge in [0.1, 0.15) is 18.2 Å². The molecule has 0 bridgehead atoms. The van der Waals surface area contributed by atoms with E-state index in [-0.39, 0.29) is 36.6 Å². The van der Waals surface area contributed by atoms with Crippen LogP contribution >= 0.6 is 0 Å². The van der Waals surface area contributed by atoms with Crippen molar-refractivity contribution in [3.8, 4) is 0 Å². The van der Waals surface area contributed by atoms with Gasteiger partial charge >= 0.3 is 11.7 Å². The Labute approximate surface area is 227 Å². The number of benzene rings is 1. The number of carbonyl (C=O) groups excluding carboxylic acids is 2. The normalized spacial score (nSPS) is 18.2. The summed E-state index contributed by atoms with van der Waals surface area (Å²) in [7, 11) is 0. The number of H-pyrrole nitrogens is 1. The van der Waals surface area contributed by atoms with Gasteiger partial charge in [-0.1, -0.05) is 38.5 Å². The Balaban J connectivity index is 1.36. The van der Waals surface area contributed by atoms with Gasteiger partial charge in [-0.15, -0.1) is 0 Å². The van der Waals surface area contributed by atoms with Gasteiger partial charge in [0.15, 0.2) is 11.5 Å². The molecule has 1 aliphatic rings. The van der Waals surface area contributed by atoms with Crippen LogP contribution in [-0.2, 0) is 16.1 Å². The Hall–Kier alpha value is -4.15. The second-order valence-electron chi connectivity index (χ2n) is 10.0. The third-order valence-corrected chi connectivity index (χ3v) is 6.82. The van der Waals surface area contributed by atoms with Crippen molar-refractivity contribution in [1.29, 1.82) is 0 Å². The number of aromatic nitrogens is 4. The van der Waals surface area contributed by atoms with E-state index in [0.29, 0.717) is 35.1 Å². The van der Waals surface area contributed by atoms with Crippen molar-refractivity contribution in [2.75, 3.05) is 24.1 Å². The molecule has 0 spiro atoms. The van der Waals surface area contributed by atoms with Gasteiger partial charge in [0, 0.05) is 12.1 Å². The maximum atomic E-state index is 12.6. The summed E-state index contributed by atoms with van der Waals surface area (Å²) in [5.74, 6) is 0.316. The summed E-state index contributed by atoms with van der Waals surface area (Å²) in [4.78, 5) is 49.0. The van der Waals surface area contributed by atoms with Gasteiger partial charge in [-0.25, -0.2) is 4.79 Å². The minimum atomic E-state index is -0.466. The minimum absolute atomic E-state index is 0.195. The number of allylic oxidation sites excluding steroid dienone is 1. The van der Waals surface area contributed by atoms with Crippen molar-refractivity contribution in [2.45, 2.75) is 65.0 Å². The fourth-order valence-electron chi connectivity index (χ4n) is 4.48. The van der Waals surface area contributed by atoms with Crippen molar-refractivity contribution in [3.05, 3.63) is 58.0 Å². The van der Waals surface area contributed by atoms with Gasteiger partial charge in [0.2, 0.25) is 5.95 Å². The van der Waals surface area contributed by atoms with Gasteiger partial charge < -0.3 is 26.1 Å². The zero-order valence-corrected chi connectivity index (χ0v) is 22.5. The first-order valence-electron chi connectivity index (χ1n) is 13.6. The Bertz CT molecular complexity index is 1380. The lowest BCUT2D eigenvalue weighted by Crippen LogP contribution is -2.32. The maximum absolute atomic E-state index is 12.6. The molecule has 3 aromatic rings. The Morgan fingerprint density at radius 3 is 2.74 bits per heavy atom. The molecular weight excluding hydrogens is 498 g/mol. The highest BCUT2D eigenvalue weighted by atomic mass is 16.5. The smallest absolute Gasteiger partial charge is 0.328 e. The fourth-order valence-corrected chi connectivity index (χ4v) is 4.48. The monoisotopic (exact) mass is 535 g/mol. The Kier molecular flexibility index (Phi) is 9.35. The summed E-state index contributed by atoms with van der Waals surface area (Å²) in [5, 5.41) is 5.76. The van der Waals surface area contributed by atoms with Crippen LogP contribution < -0.4 is 22.1 Å². The van der Waals surface area contributed by atoms with Gasteiger partial charge in [-0.3, -0.25) is 14.2 Å². The first kappa shape index (κ1) is 27.9. The fraction of sp³-hybridized carbons (Fsp3) is 0.464. The zero-order chi connectivity index (χ0) is 27.8. The molecule has 4 rings (SSSR count). The molecular formula is C28H37N7O4. The second-order valence-corrected chi connectivity index (χ2v) is 10.0. The Morgan fingerprint density at radius 2 is 1.97 bits per heavy atom. The molecule has 0 aliphatic heterocycles. The molecule has 0 radical (unpaired) electrons. The van der Waals surface area contributed by atoms with Crippen LogP contribution in [0.3, 0.4) is 0 Å².